The molecule has 0 saturated carbocycles. The van der Waals surface area contributed by atoms with Crippen molar-refractivity contribution in [2.75, 3.05) is 25.5 Å². The quantitative estimate of drug-likeness (QED) is 0.463. The third-order valence-corrected chi connectivity index (χ3v) is 4.88. The molecule has 0 unspecified atom stereocenters. The Labute approximate surface area is 113 Å². The number of hydrogen-bond acceptors (Lipinski definition) is 3. The van der Waals surface area contributed by atoms with Gasteiger partial charge in [-0.1, -0.05) is 18.1 Å². The van der Waals surface area contributed by atoms with Crippen LogP contribution in [0.2, 0.25) is 0 Å². The van der Waals surface area contributed by atoms with Gasteiger partial charge in [-0.2, -0.15) is 0 Å². The van der Waals surface area contributed by atoms with Crippen molar-refractivity contribution in [3.05, 3.63) is 34.2 Å². The number of anilines is 1. The summed E-state index contributed by atoms with van der Waals surface area (Å²) in [6.07, 6.45) is 2.70. The third kappa shape index (κ3) is 1.49. The van der Waals surface area contributed by atoms with E-state index in [1.165, 1.54) is 17.7 Å². The summed E-state index contributed by atoms with van der Waals surface area (Å²) in [7, 11) is 4.36. The second-order valence-electron chi connectivity index (χ2n) is 5.62. The maximum Gasteiger partial charge on any atom is 0.0914 e. The summed E-state index contributed by atoms with van der Waals surface area (Å²) in [5, 5.41) is 3.76. The van der Waals surface area contributed by atoms with Crippen molar-refractivity contribution in [1.82, 2.24) is 4.90 Å². The molecular weight excluding hydrogens is 238 g/mol. The monoisotopic (exact) mass is 257 g/mol. The van der Waals surface area contributed by atoms with Gasteiger partial charge in [0.25, 0.3) is 0 Å². The number of hydrogen-bond donors (Lipinski definition) is 0. The summed E-state index contributed by atoms with van der Waals surface area (Å²) in [5.74, 6) is 0. The fourth-order valence-electron chi connectivity index (χ4n) is 4.02. The van der Waals surface area contributed by atoms with Crippen molar-refractivity contribution >= 4 is 11.4 Å². The number of azide groups is 1. The van der Waals surface area contributed by atoms with Crippen LogP contribution in [-0.2, 0) is 5.41 Å². The van der Waals surface area contributed by atoms with E-state index in [0.717, 1.165) is 18.7 Å². The molecule has 5 nitrogen and oxygen atoms in total. The van der Waals surface area contributed by atoms with Gasteiger partial charge >= 0.3 is 0 Å². The SMILES string of the molecule is CC[C@@]12CCN(C)[C@@H]1N(C)c1ccc(N=[N+]=[N-])cc12. The zero-order chi connectivity index (χ0) is 13.6. The molecule has 100 valence electrons. The van der Waals surface area contributed by atoms with Crippen LogP contribution in [0, 0.1) is 0 Å². The van der Waals surface area contributed by atoms with Crippen LogP contribution in [0.3, 0.4) is 0 Å². The van der Waals surface area contributed by atoms with Crippen LogP contribution in [0.15, 0.2) is 23.3 Å². The zero-order valence-corrected chi connectivity index (χ0v) is 11.7. The first-order valence-electron chi connectivity index (χ1n) is 6.77. The highest BCUT2D eigenvalue weighted by Gasteiger charge is 2.53. The predicted octanol–water partition coefficient (Wildman–Crippen LogP) is 3.39. The number of nitrogens with zero attached hydrogens (tertiary/aromatic N) is 5. The predicted molar refractivity (Wildman–Crippen MR) is 76.7 cm³/mol. The van der Waals surface area contributed by atoms with Crippen LogP contribution in [0.5, 0.6) is 0 Å². The molecule has 1 aromatic rings. The molecule has 0 N–H and O–H groups in total. The minimum Gasteiger partial charge on any atom is -0.358 e. The second kappa shape index (κ2) is 4.15. The molecule has 0 radical (unpaired) electrons. The molecule has 0 bridgehead atoms. The smallest absolute Gasteiger partial charge is 0.0914 e. The Bertz CT molecular complexity index is 563. The van der Waals surface area contributed by atoms with E-state index in [9.17, 15) is 0 Å². The molecule has 0 aromatic heterocycles. The van der Waals surface area contributed by atoms with Crippen LogP contribution < -0.4 is 4.90 Å². The van der Waals surface area contributed by atoms with Crippen LogP contribution >= 0.6 is 0 Å². The van der Waals surface area contributed by atoms with Crippen LogP contribution in [0.1, 0.15) is 25.3 Å². The van der Waals surface area contributed by atoms with E-state index in [4.69, 9.17) is 5.53 Å². The van der Waals surface area contributed by atoms with E-state index in [2.05, 4.69) is 53.0 Å². The lowest BCUT2D eigenvalue weighted by Gasteiger charge is -2.34. The van der Waals surface area contributed by atoms with Crippen LogP contribution in [0.4, 0.5) is 11.4 Å². The first-order chi connectivity index (χ1) is 9.14. The fourth-order valence-corrected chi connectivity index (χ4v) is 4.02. The molecule has 1 fully saturated rings. The molecule has 1 saturated heterocycles. The lowest BCUT2D eigenvalue weighted by atomic mass is 9.77. The van der Waals surface area contributed by atoms with Gasteiger partial charge in [0.1, 0.15) is 0 Å². The summed E-state index contributed by atoms with van der Waals surface area (Å²) in [5.41, 5.74) is 12.1. The Morgan fingerprint density at radius 1 is 1.47 bits per heavy atom. The number of likely N-dealkylation sites (N-methyl/N-ethyl adjacent to an activating group) is 2. The van der Waals surface area contributed by atoms with Gasteiger partial charge in [-0.3, -0.25) is 4.90 Å². The van der Waals surface area contributed by atoms with E-state index < -0.39 is 0 Å². The van der Waals surface area contributed by atoms with E-state index in [1.54, 1.807) is 0 Å². The molecule has 5 heteroatoms. The lowest BCUT2D eigenvalue weighted by molar-refractivity contribution is 0.252. The van der Waals surface area contributed by atoms with E-state index >= 15 is 0 Å². The van der Waals surface area contributed by atoms with Gasteiger partial charge in [0.05, 0.1) is 6.17 Å². The molecular formula is C14H19N5. The highest BCUT2D eigenvalue weighted by Crippen LogP contribution is 2.53. The highest BCUT2D eigenvalue weighted by atomic mass is 15.4. The summed E-state index contributed by atoms with van der Waals surface area (Å²) >= 11 is 0. The Morgan fingerprint density at radius 2 is 2.26 bits per heavy atom. The van der Waals surface area contributed by atoms with Crippen LogP contribution in [-0.4, -0.2) is 31.7 Å². The average Bonchev–Trinajstić information content (AvgIpc) is 2.87. The molecule has 0 aliphatic carbocycles. The third-order valence-electron chi connectivity index (χ3n) is 4.88. The van der Waals surface area contributed by atoms with E-state index in [1.807, 2.05) is 6.07 Å². The number of benzene rings is 1. The first-order valence-corrected chi connectivity index (χ1v) is 6.77. The first kappa shape index (κ1) is 12.3. The maximum absolute atomic E-state index is 8.61. The molecule has 19 heavy (non-hydrogen) atoms. The number of fused-ring (bicyclic) bond motifs is 3. The average molecular weight is 257 g/mol. The molecule has 0 amide bonds. The molecule has 2 heterocycles. The molecule has 0 spiro atoms. The summed E-state index contributed by atoms with van der Waals surface area (Å²) < 4.78 is 0. The fraction of sp³-hybridized carbons (Fsp3) is 0.571. The van der Waals surface area contributed by atoms with Gasteiger partial charge < -0.3 is 4.90 Å². The van der Waals surface area contributed by atoms with Crippen molar-refractivity contribution in [3.63, 3.8) is 0 Å². The van der Waals surface area contributed by atoms with Gasteiger partial charge in [0.2, 0.25) is 0 Å². The maximum atomic E-state index is 8.61. The van der Waals surface area contributed by atoms with Crippen molar-refractivity contribution in [1.29, 1.82) is 0 Å². The summed E-state index contributed by atoms with van der Waals surface area (Å²) in [6.45, 7) is 3.38. The van der Waals surface area contributed by atoms with Crippen molar-refractivity contribution in [3.8, 4) is 0 Å². The van der Waals surface area contributed by atoms with Crippen molar-refractivity contribution in [2.24, 2.45) is 5.11 Å². The van der Waals surface area contributed by atoms with Gasteiger partial charge in [0.15, 0.2) is 0 Å². The summed E-state index contributed by atoms with van der Waals surface area (Å²) in [4.78, 5) is 7.69. The Hall–Kier alpha value is -1.71. The largest absolute Gasteiger partial charge is 0.358 e. The van der Waals surface area contributed by atoms with Gasteiger partial charge in [-0.25, -0.2) is 0 Å². The van der Waals surface area contributed by atoms with Gasteiger partial charge in [0, 0.05) is 35.3 Å². The van der Waals surface area contributed by atoms with E-state index in [0.29, 0.717) is 6.17 Å². The number of rotatable bonds is 2. The van der Waals surface area contributed by atoms with Gasteiger partial charge in [-0.15, -0.1) is 0 Å². The lowest BCUT2D eigenvalue weighted by Crippen LogP contribution is -2.46. The molecule has 3 rings (SSSR count). The summed E-state index contributed by atoms with van der Waals surface area (Å²) in [6, 6.07) is 6.07. The van der Waals surface area contributed by atoms with Gasteiger partial charge in [-0.05, 0) is 43.1 Å². The minimum absolute atomic E-state index is 0.180. The molecule has 2 atom stereocenters. The topological polar surface area (TPSA) is 55.2 Å². The number of likely N-dealkylation sites (tertiary alicyclic amines) is 1. The van der Waals surface area contributed by atoms with Crippen LogP contribution in [0.25, 0.3) is 10.4 Å². The molecule has 2 aliphatic rings. The van der Waals surface area contributed by atoms with E-state index in [-0.39, 0.29) is 5.41 Å². The molecule has 2 aliphatic heterocycles. The standard InChI is InChI=1S/C14H19N5/c1-4-14-7-8-18(2)13(14)19(3)12-6-5-10(16-17-15)9-11(12)14/h5-6,9,13H,4,7-8H2,1-3H3/t13-,14+/m1/s1. The zero-order valence-electron chi connectivity index (χ0n) is 11.7. The van der Waals surface area contributed by atoms with Crippen molar-refractivity contribution in [2.45, 2.75) is 31.3 Å². The Balaban J connectivity index is 2.19. The minimum atomic E-state index is 0.180. The Morgan fingerprint density at radius 3 is 2.95 bits per heavy atom. The van der Waals surface area contributed by atoms with Crippen molar-refractivity contribution < 1.29 is 0 Å². The highest BCUT2D eigenvalue weighted by molar-refractivity contribution is 5.68. The normalized spacial score (nSPS) is 29.0. The molecule has 1 aromatic carbocycles. The Kier molecular flexibility index (Phi) is 2.69. The second-order valence-corrected chi connectivity index (χ2v) is 5.62.